The number of rotatable bonds is 6. The first-order chi connectivity index (χ1) is 17.1. The summed E-state index contributed by atoms with van der Waals surface area (Å²) in [6, 6.07) is 16.2. The molecule has 0 bridgehead atoms. The van der Waals surface area contributed by atoms with Gasteiger partial charge in [0.1, 0.15) is 5.82 Å². The Bertz CT molecular complexity index is 1220. The highest BCUT2D eigenvalue weighted by atomic mass is 16.2. The predicted molar refractivity (Wildman–Crippen MR) is 142 cm³/mol. The number of amides is 2. The first kappa shape index (κ1) is 25.5. The third kappa shape index (κ3) is 5.64. The van der Waals surface area contributed by atoms with Crippen molar-refractivity contribution in [1.82, 2.24) is 20.2 Å². The monoisotopic (exact) mass is 484 g/mol. The van der Waals surface area contributed by atoms with E-state index in [0.717, 1.165) is 29.7 Å². The Morgan fingerprint density at radius 3 is 2.28 bits per heavy atom. The van der Waals surface area contributed by atoms with Crippen molar-refractivity contribution in [2.75, 3.05) is 13.1 Å². The van der Waals surface area contributed by atoms with Crippen molar-refractivity contribution in [2.24, 2.45) is 0 Å². The normalized spacial score (nSPS) is 14.5. The van der Waals surface area contributed by atoms with Crippen LogP contribution in [0.5, 0.6) is 0 Å². The molecular formula is C30H36N4O2. The second kappa shape index (κ2) is 10.6. The summed E-state index contributed by atoms with van der Waals surface area (Å²) in [7, 11) is 0. The van der Waals surface area contributed by atoms with Gasteiger partial charge >= 0.3 is 0 Å². The van der Waals surface area contributed by atoms with E-state index in [1.54, 1.807) is 6.20 Å². The SMILES string of the molecule is Cc1cc(C)cc(CNC(=O)c2cnc(C)nc2C2CCN(C(=O)C(C)(C)c3ccccc3)CC2)c1. The number of nitrogens with zero attached hydrogens (tertiary/aromatic N) is 3. The molecule has 0 radical (unpaired) electrons. The molecule has 6 heteroatoms. The van der Waals surface area contributed by atoms with E-state index in [2.05, 4.69) is 42.3 Å². The van der Waals surface area contributed by atoms with Gasteiger partial charge in [0, 0.05) is 31.7 Å². The number of piperidine rings is 1. The maximum Gasteiger partial charge on any atom is 0.254 e. The summed E-state index contributed by atoms with van der Waals surface area (Å²) in [6.45, 7) is 11.7. The number of hydrogen-bond acceptors (Lipinski definition) is 4. The third-order valence-corrected chi connectivity index (χ3v) is 7.12. The molecular weight excluding hydrogens is 448 g/mol. The highest BCUT2D eigenvalue weighted by Gasteiger charge is 2.36. The fourth-order valence-electron chi connectivity index (χ4n) is 5.15. The lowest BCUT2D eigenvalue weighted by Crippen LogP contribution is -2.47. The average Bonchev–Trinajstić information content (AvgIpc) is 2.87. The lowest BCUT2D eigenvalue weighted by molar-refractivity contribution is -0.137. The lowest BCUT2D eigenvalue weighted by Gasteiger charge is -2.37. The van der Waals surface area contributed by atoms with Crippen molar-refractivity contribution in [2.45, 2.75) is 65.3 Å². The van der Waals surface area contributed by atoms with Crippen LogP contribution in [0, 0.1) is 20.8 Å². The summed E-state index contributed by atoms with van der Waals surface area (Å²) < 4.78 is 0. The quantitative estimate of drug-likeness (QED) is 0.533. The minimum atomic E-state index is -0.585. The van der Waals surface area contributed by atoms with Crippen molar-refractivity contribution in [3.8, 4) is 0 Å². The molecule has 1 aliphatic heterocycles. The van der Waals surface area contributed by atoms with Gasteiger partial charge in [0.25, 0.3) is 5.91 Å². The van der Waals surface area contributed by atoms with Gasteiger partial charge in [0.2, 0.25) is 5.91 Å². The Labute approximate surface area is 214 Å². The largest absolute Gasteiger partial charge is 0.348 e. The molecule has 1 aliphatic rings. The van der Waals surface area contributed by atoms with E-state index in [1.165, 1.54) is 11.1 Å². The van der Waals surface area contributed by atoms with E-state index in [9.17, 15) is 9.59 Å². The van der Waals surface area contributed by atoms with Crippen LogP contribution in [0.2, 0.25) is 0 Å². The van der Waals surface area contributed by atoms with Crippen molar-refractivity contribution < 1.29 is 9.59 Å². The Balaban J connectivity index is 1.45. The Morgan fingerprint density at radius 2 is 1.64 bits per heavy atom. The topological polar surface area (TPSA) is 75.2 Å². The third-order valence-electron chi connectivity index (χ3n) is 7.12. The van der Waals surface area contributed by atoms with Crippen molar-refractivity contribution >= 4 is 11.8 Å². The molecule has 1 fully saturated rings. The van der Waals surface area contributed by atoms with Gasteiger partial charge in [0.15, 0.2) is 0 Å². The summed E-state index contributed by atoms with van der Waals surface area (Å²) in [5.41, 5.74) is 5.17. The van der Waals surface area contributed by atoms with Crippen LogP contribution in [0.1, 0.15) is 76.7 Å². The molecule has 2 amide bonds. The maximum atomic E-state index is 13.4. The second-order valence-corrected chi connectivity index (χ2v) is 10.5. The number of likely N-dealkylation sites (tertiary alicyclic amines) is 1. The zero-order valence-corrected chi connectivity index (χ0v) is 22.0. The Hall–Kier alpha value is -3.54. The van der Waals surface area contributed by atoms with E-state index < -0.39 is 5.41 Å². The van der Waals surface area contributed by atoms with Crippen molar-refractivity contribution in [3.63, 3.8) is 0 Å². The molecule has 1 aromatic heterocycles. The van der Waals surface area contributed by atoms with Crippen LogP contribution in [0.25, 0.3) is 0 Å². The summed E-state index contributed by atoms with van der Waals surface area (Å²) in [5.74, 6) is 0.738. The van der Waals surface area contributed by atoms with E-state index >= 15 is 0 Å². The number of aromatic nitrogens is 2. The average molecular weight is 485 g/mol. The van der Waals surface area contributed by atoms with E-state index in [1.807, 2.05) is 56.0 Å². The number of hydrogen-bond donors (Lipinski definition) is 1. The van der Waals surface area contributed by atoms with E-state index in [0.29, 0.717) is 31.0 Å². The smallest absolute Gasteiger partial charge is 0.254 e. The number of carbonyl (C=O) groups excluding carboxylic acids is 2. The molecule has 1 N–H and O–H groups in total. The zero-order valence-electron chi connectivity index (χ0n) is 22.0. The number of benzene rings is 2. The molecule has 4 rings (SSSR count). The molecule has 2 heterocycles. The molecule has 6 nitrogen and oxygen atoms in total. The van der Waals surface area contributed by atoms with Crippen LogP contribution < -0.4 is 5.32 Å². The Morgan fingerprint density at radius 1 is 1.00 bits per heavy atom. The fraction of sp³-hybridized carbons (Fsp3) is 0.400. The summed E-state index contributed by atoms with van der Waals surface area (Å²) in [6.07, 6.45) is 3.18. The summed E-state index contributed by atoms with van der Waals surface area (Å²) >= 11 is 0. The molecule has 0 spiro atoms. The van der Waals surface area contributed by atoms with E-state index in [4.69, 9.17) is 4.98 Å². The van der Waals surface area contributed by atoms with Gasteiger partial charge in [-0.1, -0.05) is 59.7 Å². The van der Waals surface area contributed by atoms with Gasteiger partial charge in [-0.2, -0.15) is 0 Å². The molecule has 36 heavy (non-hydrogen) atoms. The molecule has 0 atom stereocenters. The number of aryl methyl sites for hydroxylation is 3. The Kier molecular flexibility index (Phi) is 7.53. The van der Waals surface area contributed by atoms with Crippen LogP contribution in [-0.2, 0) is 16.8 Å². The lowest BCUT2D eigenvalue weighted by atomic mass is 9.82. The predicted octanol–water partition coefficient (Wildman–Crippen LogP) is 5.02. The number of nitrogens with one attached hydrogen (secondary N) is 1. The maximum absolute atomic E-state index is 13.4. The van der Waals surface area contributed by atoms with Crippen LogP contribution >= 0.6 is 0 Å². The highest BCUT2D eigenvalue weighted by molar-refractivity contribution is 5.95. The van der Waals surface area contributed by atoms with Gasteiger partial charge < -0.3 is 10.2 Å². The minimum absolute atomic E-state index is 0.109. The standard InChI is InChI=1S/C30H36N4O2/c1-20-15-21(2)17-23(16-20)18-32-28(35)26-19-31-22(3)33-27(26)24-11-13-34(14-12-24)29(36)30(4,5)25-9-7-6-8-10-25/h6-10,15-17,19,24H,11-14,18H2,1-5H3,(H,32,35). The first-order valence-corrected chi connectivity index (χ1v) is 12.7. The van der Waals surface area contributed by atoms with Gasteiger partial charge in [-0.25, -0.2) is 9.97 Å². The molecule has 1 saturated heterocycles. The zero-order chi connectivity index (χ0) is 25.9. The van der Waals surface area contributed by atoms with Gasteiger partial charge in [0.05, 0.1) is 16.7 Å². The fourth-order valence-corrected chi connectivity index (χ4v) is 5.15. The summed E-state index contributed by atoms with van der Waals surface area (Å²) in [4.78, 5) is 37.5. The van der Waals surface area contributed by atoms with Crippen molar-refractivity contribution in [3.05, 3.63) is 94.1 Å². The molecule has 188 valence electrons. The van der Waals surface area contributed by atoms with Gasteiger partial charge in [-0.15, -0.1) is 0 Å². The minimum Gasteiger partial charge on any atom is -0.348 e. The van der Waals surface area contributed by atoms with Crippen molar-refractivity contribution in [1.29, 1.82) is 0 Å². The highest BCUT2D eigenvalue weighted by Crippen LogP contribution is 2.32. The van der Waals surface area contributed by atoms with Crippen LogP contribution in [-0.4, -0.2) is 39.8 Å². The molecule has 0 unspecified atom stereocenters. The molecule has 3 aromatic rings. The number of carbonyl (C=O) groups is 2. The molecule has 0 saturated carbocycles. The summed E-state index contributed by atoms with van der Waals surface area (Å²) in [5, 5.41) is 3.05. The van der Waals surface area contributed by atoms with E-state index in [-0.39, 0.29) is 17.7 Å². The van der Waals surface area contributed by atoms with Gasteiger partial charge in [-0.3, -0.25) is 9.59 Å². The van der Waals surface area contributed by atoms with Crippen LogP contribution in [0.15, 0.2) is 54.7 Å². The molecule has 2 aromatic carbocycles. The second-order valence-electron chi connectivity index (χ2n) is 10.5. The molecule has 0 aliphatic carbocycles. The first-order valence-electron chi connectivity index (χ1n) is 12.7. The van der Waals surface area contributed by atoms with Crippen LogP contribution in [0.4, 0.5) is 0 Å². The van der Waals surface area contributed by atoms with Crippen LogP contribution in [0.3, 0.4) is 0 Å². The van der Waals surface area contributed by atoms with Gasteiger partial charge in [-0.05, 0) is 58.6 Å².